The average Bonchev–Trinajstić information content (AvgIpc) is 2.68. The Morgan fingerprint density at radius 3 is 2.33 bits per heavy atom. The number of ether oxygens (including phenoxy) is 1. The van der Waals surface area contributed by atoms with Gasteiger partial charge in [-0.05, 0) is 19.8 Å². The van der Waals surface area contributed by atoms with Crippen molar-refractivity contribution in [2.45, 2.75) is 25.4 Å². The lowest BCUT2D eigenvalue weighted by Crippen LogP contribution is -2.27. The monoisotopic (exact) mass is 125 g/mol. The first-order valence-corrected chi connectivity index (χ1v) is 3.19. The molecule has 2 nitrogen and oxygen atoms in total. The average molecular weight is 125 g/mol. The first kappa shape index (κ1) is 6.57. The number of hydrogen-bond donors (Lipinski definition) is 0. The molecule has 1 saturated carbocycles. The zero-order valence-corrected chi connectivity index (χ0v) is 5.85. The summed E-state index contributed by atoms with van der Waals surface area (Å²) < 4.78 is 5.05. The van der Waals surface area contributed by atoms with Crippen molar-refractivity contribution < 1.29 is 4.74 Å². The summed E-state index contributed by atoms with van der Waals surface area (Å²) in [6.07, 6.45) is 2.30. The van der Waals surface area contributed by atoms with Gasteiger partial charge in [-0.3, -0.25) is 0 Å². The highest BCUT2D eigenvalue weighted by Crippen LogP contribution is 2.40. The smallest absolute Gasteiger partial charge is 0.153 e. The Kier molecular flexibility index (Phi) is 1.46. The van der Waals surface area contributed by atoms with Gasteiger partial charge in [-0.2, -0.15) is 5.26 Å². The van der Waals surface area contributed by atoms with E-state index in [4.69, 9.17) is 10.00 Å². The molecule has 0 spiro atoms. The van der Waals surface area contributed by atoms with Gasteiger partial charge in [-0.15, -0.1) is 0 Å². The second-order valence-corrected chi connectivity index (χ2v) is 2.70. The van der Waals surface area contributed by atoms with Crippen LogP contribution in [0.25, 0.3) is 0 Å². The molecule has 0 amide bonds. The van der Waals surface area contributed by atoms with Crippen LogP contribution >= 0.6 is 0 Å². The SMILES string of the molecule is COC(C)(C#N)C1CC1. The topological polar surface area (TPSA) is 33.0 Å². The van der Waals surface area contributed by atoms with Gasteiger partial charge < -0.3 is 4.74 Å². The normalized spacial score (nSPS) is 24.6. The second kappa shape index (κ2) is 2.00. The predicted octanol–water partition coefficient (Wildman–Crippen LogP) is 1.33. The van der Waals surface area contributed by atoms with Crippen LogP contribution < -0.4 is 0 Å². The Morgan fingerprint density at radius 2 is 2.22 bits per heavy atom. The van der Waals surface area contributed by atoms with Crippen LogP contribution in [0, 0.1) is 17.2 Å². The predicted molar refractivity (Wildman–Crippen MR) is 33.8 cm³/mol. The molecule has 0 radical (unpaired) electrons. The van der Waals surface area contributed by atoms with Crippen molar-refractivity contribution in [3.8, 4) is 6.07 Å². The van der Waals surface area contributed by atoms with Gasteiger partial charge in [0.2, 0.25) is 0 Å². The maximum absolute atomic E-state index is 8.62. The molecule has 50 valence electrons. The molecule has 1 unspecified atom stereocenters. The molecule has 2 heteroatoms. The number of nitriles is 1. The third kappa shape index (κ3) is 1.06. The summed E-state index contributed by atoms with van der Waals surface area (Å²) in [7, 11) is 1.60. The number of methoxy groups -OCH3 is 1. The van der Waals surface area contributed by atoms with Crippen molar-refractivity contribution in [1.82, 2.24) is 0 Å². The molecule has 1 atom stereocenters. The first-order valence-electron chi connectivity index (χ1n) is 3.19. The molecule has 1 rings (SSSR count). The van der Waals surface area contributed by atoms with E-state index in [1.54, 1.807) is 7.11 Å². The molecule has 0 heterocycles. The van der Waals surface area contributed by atoms with Crippen LogP contribution in [0.15, 0.2) is 0 Å². The van der Waals surface area contributed by atoms with Gasteiger partial charge in [0, 0.05) is 13.0 Å². The molecule has 1 aliphatic rings. The summed E-state index contributed by atoms with van der Waals surface area (Å²) in [6, 6.07) is 2.17. The number of rotatable bonds is 2. The molecule has 1 aliphatic carbocycles. The fourth-order valence-corrected chi connectivity index (χ4v) is 0.938. The Balaban J connectivity index is 2.56. The van der Waals surface area contributed by atoms with Gasteiger partial charge in [0.1, 0.15) is 0 Å². The third-order valence-electron chi connectivity index (χ3n) is 2.00. The molecule has 9 heavy (non-hydrogen) atoms. The first-order chi connectivity index (χ1) is 4.23. The minimum Gasteiger partial charge on any atom is -0.363 e. The van der Waals surface area contributed by atoms with Crippen molar-refractivity contribution in [2.75, 3.05) is 7.11 Å². The van der Waals surface area contributed by atoms with Gasteiger partial charge in [0.05, 0.1) is 6.07 Å². The van der Waals surface area contributed by atoms with Crippen molar-refractivity contribution in [2.24, 2.45) is 5.92 Å². The van der Waals surface area contributed by atoms with Crippen molar-refractivity contribution in [3.63, 3.8) is 0 Å². The maximum atomic E-state index is 8.62. The Labute approximate surface area is 55.4 Å². The van der Waals surface area contributed by atoms with Crippen LogP contribution in [0.3, 0.4) is 0 Å². The van der Waals surface area contributed by atoms with Crippen LogP contribution in [-0.2, 0) is 4.74 Å². The Hall–Kier alpha value is -0.550. The molecular formula is C7H11NO. The highest BCUT2D eigenvalue weighted by molar-refractivity contribution is 5.07. The van der Waals surface area contributed by atoms with Gasteiger partial charge >= 0.3 is 0 Å². The highest BCUT2D eigenvalue weighted by Gasteiger charge is 2.41. The van der Waals surface area contributed by atoms with E-state index < -0.39 is 5.60 Å². The quantitative estimate of drug-likeness (QED) is 0.557. The molecule has 0 saturated heterocycles. The summed E-state index contributed by atoms with van der Waals surface area (Å²) in [5.74, 6) is 0.493. The lowest BCUT2D eigenvalue weighted by molar-refractivity contribution is 0.0365. The highest BCUT2D eigenvalue weighted by atomic mass is 16.5. The summed E-state index contributed by atoms with van der Waals surface area (Å²) in [5, 5.41) is 8.62. The zero-order valence-electron chi connectivity index (χ0n) is 5.85. The summed E-state index contributed by atoms with van der Waals surface area (Å²) in [4.78, 5) is 0. The van der Waals surface area contributed by atoms with E-state index in [1.165, 1.54) is 0 Å². The van der Waals surface area contributed by atoms with Crippen LogP contribution in [0.1, 0.15) is 19.8 Å². The largest absolute Gasteiger partial charge is 0.363 e. The molecule has 0 aliphatic heterocycles. The van der Waals surface area contributed by atoms with E-state index in [1.807, 2.05) is 6.92 Å². The number of nitrogens with zero attached hydrogens (tertiary/aromatic N) is 1. The Morgan fingerprint density at radius 1 is 1.67 bits per heavy atom. The molecule has 0 bridgehead atoms. The van der Waals surface area contributed by atoms with Crippen LogP contribution in [0.5, 0.6) is 0 Å². The number of hydrogen-bond acceptors (Lipinski definition) is 2. The molecular weight excluding hydrogens is 114 g/mol. The minimum absolute atomic E-state index is 0.493. The lowest BCUT2D eigenvalue weighted by atomic mass is 10.0. The summed E-state index contributed by atoms with van der Waals surface area (Å²) in [6.45, 7) is 1.85. The van der Waals surface area contributed by atoms with Crippen molar-refractivity contribution >= 4 is 0 Å². The van der Waals surface area contributed by atoms with E-state index >= 15 is 0 Å². The van der Waals surface area contributed by atoms with Crippen molar-refractivity contribution in [3.05, 3.63) is 0 Å². The van der Waals surface area contributed by atoms with Crippen LogP contribution in [0.4, 0.5) is 0 Å². The molecule has 0 N–H and O–H groups in total. The van der Waals surface area contributed by atoms with Gasteiger partial charge in [-0.1, -0.05) is 0 Å². The van der Waals surface area contributed by atoms with Crippen LogP contribution in [-0.4, -0.2) is 12.7 Å². The molecule has 0 aromatic carbocycles. The van der Waals surface area contributed by atoms with E-state index in [-0.39, 0.29) is 0 Å². The van der Waals surface area contributed by atoms with E-state index in [2.05, 4.69) is 6.07 Å². The maximum Gasteiger partial charge on any atom is 0.153 e. The molecule has 1 fully saturated rings. The zero-order chi connectivity index (χ0) is 6.91. The van der Waals surface area contributed by atoms with Gasteiger partial charge in [0.15, 0.2) is 5.60 Å². The van der Waals surface area contributed by atoms with E-state index in [0.29, 0.717) is 5.92 Å². The molecule has 0 aromatic heterocycles. The fourth-order valence-electron chi connectivity index (χ4n) is 0.938. The van der Waals surface area contributed by atoms with E-state index in [0.717, 1.165) is 12.8 Å². The van der Waals surface area contributed by atoms with Crippen LogP contribution in [0.2, 0.25) is 0 Å². The van der Waals surface area contributed by atoms with E-state index in [9.17, 15) is 0 Å². The second-order valence-electron chi connectivity index (χ2n) is 2.70. The van der Waals surface area contributed by atoms with Crippen molar-refractivity contribution in [1.29, 1.82) is 5.26 Å². The summed E-state index contributed by atoms with van der Waals surface area (Å²) in [5.41, 5.74) is -0.500. The Bertz CT molecular complexity index is 145. The molecule has 0 aromatic rings. The third-order valence-corrected chi connectivity index (χ3v) is 2.00. The summed E-state index contributed by atoms with van der Waals surface area (Å²) >= 11 is 0. The standard InChI is InChI=1S/C7H11NO/c1-7(5-8,9-2)6-3-4-6/h6H,3-4H2,1-2H3. The van der Waals surface area contributed by atoms with Gasteiger partial charge in [0.25, 0.3) is 0 Å². The lowest BCUT2D eigenvalue weighted by Gasteiger charge is -2.17. The minimum atomic E-state index is -0.500. The van der Waals surface area contributed by atoms with Gasteiger partial charge in [-0.25, -0.2) is 0 Å². The fraction of sp³-hybridized carbons (Fsp3) is 0.857.